The Morgan fingerprint density at radius 1 is 0.864 bits per heavy atom. The van der Waals surface area contributed by atoms with Crippen molar-refractivity contribution in [2.45, 2.75) is 63.8 Å². The highest BCUT2D eigenvalue weighted by Crippen LogP contribution is 2.38. The number of hydrogen-bond acceptors (Lipinski definition) is 3. The highest BCUT2D eigenvalue weighted by molar-refractivity contribution is 5.34. The molecule has 0 bridgehead atoms. The van der Waals surface area contributed by atoms with Crippen LogP contribution in [0.5, 0.6) is 0 Å². The molecular formula is C19H29NO2. The Balaban J connectivity index is 1.61. The average Bonchev–Trinajstić information content (AvgIpc) is 2.78. The summed E-state index contributed by atoms with van der Waals surface area (Å²) in [6, 6.07) is 7.61. The molecular weight excluding hydrogens is 274 g/mol. The number of unbranched alkanes of at least 4 members (excludes halogenated alkanes) is 7. The summed E-state index contributed by atoms with van der Waals surface area (Å²) < 4.78 is 0. The first-order valence-electron chi connectivity index (χ1n) is 8.57. The molecule has 0 amide bonds. The van der Waals surface area contributed by atoms with Crippen LogP contribution in [0, 0.1) is 0 Å². The van der Waals surface area contributed by atoms with Crippen LogP contribution in [0.1, 0.15) is 74.9 Å². The molecule has 0 fully saturated rings. The summed E-state index contributed by atoms with van der Waals surface area (Å²) in [5.74, 6) is 0. The largest absolute Gasteiger partial charge is 0.374 e. The van der Waals surface area contributed by atoms with Crippen LogP contribution in [0.15, 0.2) is 36.9 Å². The minimum Gasteiger partial charge on any atom is -0.374 e. The van der Waals surface area contributed by atoms with E-state index in [4.69, 9.17) is 0 Å². The zero-order valence-corrected chi connectivity index (χ0v) is 13.5. The zero-order chi connectivity index (χ0) is 15.8. The van der Waals surface area contributed by atoms with Crippen molar-refractivity contribution >= 4 is 0 Å². The van der Waals surface area contributed by atoms with Gasteiger partial charge in [-0.05, 0) is 19.3 Å². The molecule has 1 aromatic rings. The van der Waals surface area contributed by atoms with E-state index in [1.807, 2.05) is 30.3 Å². The summed E-state index contributed by atoms with van der Waals surface area (Å²) >= 11 is 0. The SMILES string of the molecule is C=CCCCCCCCCCN1C(O)c2ccccc2C1O. The second-order valence-electron chi connectivity index (χ2n) is 6.17. The monoisotopic (exact) mass is 303 g/mol. The van der Waals surface area contributed by atoms with Gasteiger partial charge in [-0.2, -0.15) is 0 Å². The van der Waals surface area contributed by atoms with Crippen LogP contribution in [0.4, 0.5) is 0 Å². The lowest BCUT2D eigenvalue weighted by Gasteiger charge is -2.24. The van der Waals surface area contributed by atoms with Crippen LogP contribution in [0.2, 0.25) is 0 Å². The number of benzene rings is 1. The van der Waals surface area contributed by atoms with Gasteiger partial charge in [0.25, 0.3) is 0 Å². The van der Waals surface area contributed by atoms with Crippen molar-refractivity contribution < 1.29 is 10.2 Å². The van der Waals surface area contributed by atoms with Gasteiger partial charge in [0.15, 0.2) is 0 Å². The van der Waals surface area contributed by atoms with Gasteiger partial charge in [-0.15, -0.1) is 6.58 Å². The predicted octanol–water partition coefficient (Wildman–Crippen LogP) is 4.29. The van der Waals surface area contributed by atoms with Gasteiger partial charge < -0.3 is 10.2 Å². The van der Waals surface area contributed by atoms with Crippen LogP contribution < -0.4 is 0 Å². The lowest BCUT2D eigenvalue weighted by molar-refractivity contribution is -0.0848. The molecule has 22 heavy (non-hydrogen) atoms. The lowest BCUT2D eigenvalue weighted by Crippen LogP contribution is -2.27. The van der Waals surface area contributed by atoms with Crippen LogP contribution >= 0.6 is 0 Å². The Labute approximate surface area is 134 Å². The van der Waals surface area contributed by atoms with Crippen molar-refractivity contribution in [1.82, 2.24) is 4.90 Å². The number of aliphatic hydroxyl groups is 2. The van der Waals surface area contributed by atoms with E-state index >= 15 is 0 Å². The third-order valence-corrected chi connectivity index (χ3v) is 4.51. The van der Waals surface area contributed by atoms with Gasteiger partial charge in [-0.25, -0.2) is 4.90 Å². The number of hydrogen-bond donors (Lipinski definition) is 2. The molecule has 0 radical (unpaired) electrons. The van der Waals surface area contributed by atoms with E-state index in [2.05, 4.69) is 6.58 Å². The van der Waals surface area contributed by atoms with Gasteiger partial charge in [0.05, 0.1) is 0 Å². The number of allylic oxidation sites excluding steroid dienone is 1. The third-order valence-electron chi connectivity index (χ3n) is 4.51. The van der Waals surface area contributed by atoms with Gasteiger partial charge in [0.1, 0.15) is 12.5 Å². The van der Waals surface area contributed by atoms with Gasteiger partial charge in [0.2, 0.25) is 0 Å². The molecule has 1 heterocycles. The predicted molar refractivity (Wildman–Crippen MR) is 90.2 cm³/mol. The molecule has 122 valence electrons. The van der Waals surface area contributed by atoms with E-state index in [9.17, 15) is 10.2 Å². The number of aliphatic hydroxyl groups excluding tert-OH is 2. The number of rotatable bonds is 10. The Bertz CT molecular complexity index is 432. The van der Waals surface area contributed by atoms with Crippen molar-refractivity contribution in [2.75, 3.05) is 6.54 Å². The summed E-state index contributed by atoms with van der Waals surface area (Å²) in [4.78, 5) is 1.79. The molecule has 1 aromatic carbocycles. The topological polar surface area (TPSA) is 43.7 Å². The Hall–Kier alpha value is -1.16. The van der Waals surface area contributed by atoms with Crippen molar-refractivity contribution in [3.63, 3.8) is 0 Å². The second-order valence-corrected chi connectivity index (χ2v) is 6.17. The average molecular weight is 303 g/mol. The van der Waals surface area contributed by atoms with Crippen LogP contribution in [-0.4, -0.2) is 21.7 Å². The highest BCUT2D eigenvalue weighted by atomic mass is 16.3. The molecule has 0 aromatic heterocycles. The standard InChI is InChI=1S/C19H29NO2/c1-2-3-4-5-6-7-8-9-12-15-20-18(21)16-13-10-11-14-17(16)19(20)22/h2,10-11,13-14,18-19,21-22H,1,3-9,12,15H2. The van der Waals surface area contributed by atoms with Crippen LogP contribution in [0.25, 0.3) is 0 Å². The maximum atomic E-state index is 10.3. The van der Waals surface area contributed by atoms with E-state index in [1.54, 1.807) is 4.90 Å². The number of nitrogens with zero attached hydrogens (tertiary/aromatic N) is 1. The Morgan fingerprint density at radius 3 is 1.91 bits per heavy atom. The van der Waals surface area contributed by atoms with Crippen molar-refractivity contribution in [1.29, 1.82) is 0 Å². The fourth-order valence-electron chi connectivity index (χ4n) is 3.18. The molecule has 3 heteroatoms. The highest BCUT2D eigenvalue weighted by Gasteiger charge is 2.35. The fraction of sp³-hybridized carbons (Fsp3) is 0.579. The van der Waals surface area contributed by atoms with E-state index in [0.29, 0.717) is 0 Å². The van der Waals surface area contributed by atoms with Crippen molar-refractivity contribution in [2.24, 2.45) is 0 Å². The Kier molecular flexibility index (Phi) is 7.10. The summed E-state index contributed by atoms with van der Waals surface area (Å²) in [5, 5.41) is 20.6. The van der Waals surface area contributed by atoms with Gasteiger partial charge in [0, 0.05) is 17.7 Å². The molecule has 2 unspecified atom stereocenters. The first-order chi connectivity index (χ1) is 10.8. The van der Waals surface area contributed by atoms with Crippen molar-refractivity contribution in [3.8, 4) is 0 Å². The Morgan fingerprint density at radius 2 is 1.36 bits per heavy atom. The molecule has 2 atom stereocenters. The van der Waals surface area contributed by atoms with Crippen LogP contribution in [0.3, 0.4) is 0 Å². The second kappa shape index (κ2) is 9.09. The molecule has 2 rings (SSSR count). The van der Waals surface area contributed by atoms with E-state index in [1.165, 1.54) is 32.1 Å². The maximum absolute atomic E-state index is 10.3. The lowest BCUT2D eigenvalue weighted by atomic mass is 10.1. The molecule has 1 aliphatic rings. The molecule has 0 aliphatic carbocycles. The quantitative estimate of drug-likeness (QED) is 0.500. The fourth-order valence-corrected chi connectivity index (χ4v) is 3.18. The maximum Gasteiger partial charge on any atom is 0.136 e. The summed E-state index contributed by atoms with van der Waals surface area (Å²) in [7, 11) is 0. The first kappa shape index (κ1) is 17.2. The molecule has 1 aliphatic heterocycles. The van der Waals surface area contributed by atoms with Gasteiger partial charge in [-0.3, -0.25) is 0 Å². The minimum absolute atomic E-state index is 0.662. The third kappa shape index (κ3) is 4.42. The number of fused-ring (bicyclic) bond motifs is 1. The summed E-state index contributed by atoms with van der Waals surface area (Å²) in [6.07, 6.45) is 10.4. The van der Waals surface area contributed by atoms with Gasteiger partial charge >= 0.3 is 0 Å². The molecule has 0 saturated carbocycles. The van der Waals surface area contributed by atoms with Crippen molar-refractivity contribution in [3.05, 3.63) is 48.0 Å². The van der Waals surface area contributed by atoms with E-state index in [0.717, 1.165) is 36.9 Å². The molecule has 2 N–H and O–H groups in total. The summed E-state index contributed by atoms with van der Waals surface area (Å²) in [6.45, 7) is 4.48. The smallest absolute Gasteiger partial charge is 0.136 e. The molecule has 0 saturated heterocycles. The first-order valence-corrected chi connectivity index (χ1v) is 8.57. The van der Waals surface area contributed by atoms with E-state index < -0.39 is 12.5 Å². The summed E-state index contributed by atoms with van der Waals surface area (Å²) in [5.41, 5.74) is 1.69. The van der Waals surface area contributed by atoms with Crippen LogP contribution in [-0.2, 0) is 0 Å². The molecule has 3 nitrogen and oxygen atoms in total. The van der Waals surface area contributed by atoms with E-state index in [-0.39, 0.29) is 0 Å². The normalized spacial score (nSPS) is 21.0. The zero-order valence-electron chi connectivity index (χ0n) is 13.5. The minimum atomic E-state index is -0.662. The molecule has 0 spiro atoms. The van der Waals surface area contributed by atoms with Gasteiger partial charge in [-0.1, -0.05) is 62.4 Å².